The fraction of sp³-hybridized carbons (Fsp3) is 0.333. The molecule has 2 N–H and O–H groups in total. The number of nitrogens with one attached hydrogen (secondary N) is 2. The SMILES string of the molecule is COc1ccc(NC(=O)c2ccccc2NC(=O)C2CCCC2)cc1OC. The number of methoxy groups -OCH3 is 2. The Hall–Kier alpha value is -3.02. The predicted octanol–water partition coefficient (Wildman–Crippen LogP) is 4.08. The van der Waals surface area contributed by atoms with Crippen molar-refractivity contribution in [3.63, 3.8) is 0 Å². The molecular formula is C21H24N2O4. The molecule has 0 aliphatic heterocycles. The van der Waals surface area contributed by atoms with E-state index in [4.69, 9.17) is 9.47 Å². The molecule has 0 unspecified atom stereocenters. The summed E-state index contributed by atoms with van der Waals surface area (Å²) in [6.45, 7) is 0. The third-order valence-corrected chi connectivity index (χ3v) is 4.80. The third-order valence-electron chi connectivity index (χ3n) is 4.80. The van der Waals surface area contributed by atoms with Crippen LogP contribution in [0.4, 0.5) is 11.4 Å². The van der Waals surface area contributed by atoms with Gasteiger partial charge in [0.1, 0.15) is 0 Å². The van der Waals surface area contributed by atoms with Crippen LogP contribution in [0.5, 0.6) is 11.5 Å². The van der Waals surface area contributed by atoms with Crippen LogP contribution in [0.2, 0.25) is 0 Å². The van der Waals surface area contributed by atoms with Crippen LogP contribution < -0.4 is 20.1 Å². The summed E-state index contributed by atoms with van der Waals surface area (Å²) in [6.07, 6.45) is 3.98. The number of benzene rings is 2. The van der Waals surface area contributed by atoms with Crippen LogP contribution in [0.15, 0.2) is 42.5 Å². The molecule has 6 nitrogen and oxygen atoms in total. The van der Waals surface area contributed by atoms with Gasteiger partial charge in [-0.3, -0.25) is 9.59 Å². The maximum atomic E-state index is 12.8. The average Bonchev–Trinajstić information content (AvgIpc) is 3.23. The molecule has 2 aromatic rings. The first-order valence-corrected chi connectivity index (χ1v) is 9.05. The van der Waals surface area contributed by atoms with Crippen LogP contribution in [0.3, 0.4) is 0 Å². The molecule has 0 heterocycles. The van der Waals surface area contributed by atoms with E-state index in [0.717, 1.165) is 25.7 Å². The molecule has 6 heteroatoms. The van der Waals surface area contributed by atoms with Gasteiger partial charge in [-0.05, 0) is 37.1 Å². The summed E-state index contributed by atoms with van der Waals surface area (Å²) in [7, 11) is 3.09. The van der Waals surface area contributed by atoms with Crippen molar-refractivity contribution < 1.29 is 19.1 Å². The smallest absolute Gasteiger partial charge is 0.257 e. The summed E-state index contributed by atoms with van der Waals surface area (Å²) in [5, 5.41) is 5.76. The lowest BCUT2D eigenvalue weighted by molar-refractivity contribution is -0.119. The van der Waals surface area contributed by atoms with Gasteiger partial charge in [0.2, 0.25) is 5.91 Å². The molecule has 0 saturated heterocycles. The van der Waals surface area contributed by atoms with E-state index < -0.39 is 0 Å². The Kier molecular flexibility index (Phi) is 5.96. The van der Waals surface area contributed by atoms with E-state index in [2.05, 4.69) is 10.6 Å². The van der Waals surface area contributed by atoms with Crippen LogP contribution in [-0.4, -0.2) is 26.0 Å². The highest BCUT2D eigenvalue weighted by atomic mass is 16.5. The maximum Gasteiger partial charge on any atom is 0.257 e. The lowest BCUT2D eigenvalue weighted by Gasteiger charge is -2.15. The number of hydrogen-bond donors (Lipinski definition) is 2. The first kappa shape index (κ1) is 18.8. The van der Waals surface area contributed by atoms with E-state index in [9.17, 15) is 9.59 Å². The quantitative estimate of drug-likeness (QED) is 0.805. The lowest BCUT2D eigenvalue weighted by Crippen LogP contribution is -2.23. The highest BCUT2D eigenvalue weighted by molar-refractivity contribution is 6.10. The zero-order valence-electron chi connectivity index (χ0n) is 15.6. The van der Waals surface area contributed by atoms with E-state index in [-0.39, 0.29) is 17.7 Å². The summed E-state index contributed by atoms with van der Waals surface area (Å²) in [5.41, 5.74) is 1.51. The minimum atomic E-state index is -0.301. The van der Waals surface area contributed by atoms with Gasteiger partial charge in [-0.1, -0.05) is 25.0 Å². The Labute approximate surface area is 158 Å². The Balaban J connectivity index is 1.76. The van der Waals surface area contributed by atoms with E-state index >= 15 is 0 Å². The Morgan fingerprint density at radius 2 is 1.63 bits per heavy atom. The number of carbonyl (C=O) groups is 2. The number of anilines is 2. The number of ether oxygens (including phenoxy) is 2. The molecule has 3 rings (SSSR count). The van der Waals surface area contributed by atoms with Gasteiger partial charge in [-0.25, -0.2) is 0 Å². The van der Waals surface area contributed by atoms with Gasteiger partial charge in [0.05, 0.1) is 25.5 Å². The predicted molar refractivity (Wildman–Crippen MR) is 105 cm³/mol. The molecular weight excluding hydrogens is 344 g/mol. The number of hydrogen-bond acceptors (Lipinski definition) is 4. The molecule has 2 aromatic carbocycles. The van der Waals surface area contributed by atoms with Crippen LogP contribution >= 0.6 is 0 Å². The van der Waals surface area contributed by atoms with Crippen molar-refractivity contribution in [2.24, 2.45) is 5.92 Å². The topological polar surface area (TPSA) is 76.7 Å². The highest BCUT2D eigenvalue weighted by Gasteiger charge is 2.24. The highest BCUT2D eigenvalue weighted by Crippen LogP contribution is 2.30. The van der Waals surface area contributed by atoms with Gasteiger partial charge in [0, 0.05) is 17.7 Å². The number of rotatable bonds is 6. The fourth-order valence-corrected chi connectivity index (χ4v) is 3.33. The van der Waals surface area contributed by atoms with Crippen molar-refractivity contribution in [3.05, 3.63) is 48.0 Å². The van der Waals surface area contributed by atoms with E-state index in [1.807, 2.05) is 0 Å². The second kappa shape index (κ2) is 8.58. The van der Waals surface area contributed by atoms with Crippen molar-refractivity contribution in [2.75, 3.05) is 24.9 Å². The van der Waals surface area contributed by atoms with E-state index in [1.165, 1.54) is 7.11 Å². The van der Waals surface area contributed by atoms with Crippen LogP contribution in [-0.2, 0) is 4.79 Å². The first-order valence-electron chi connectivity index (χ1n) is 9.05. The first-order chi connectivity index (χ1) is 13.1. The van der Waals surface area contributed by atoms with Gasteiger partial charge < -0.3 is 20.1 Å². The normalized spacial score (nSPS) is 13.9. The molecule has 0 atom stereocenters. The van der Waals surface area contributed by atoms with Gasteiger partial charge >= 0.3 is 0 Å². The van der Waals surface area contributed by atoms with Gasteiger partial charge in [-0.15, -0.1) is 0 Å². The Bertz CT molecular complexity index is 829. The summed E-state index contributed by atoms with van der Waals surface area (Å²) >= 11 is 0. The molecule has 0 bridgehead atoms. The summed E-state index contributed by atoms with van der Waals surface area (Å²) in [4.78, 5) is 25.2. The van der Waals surface area contributed by atoms with Gasteiger partial charge in [-0.2, -0.15) is 0 Å². The average molecular weight is 368 g/mol. The number of para-hydroxylation sites is 1. The molecule has 1 aliphatic rings. The molecule has 1 saturated carbocycles. The molecule has 27 heavy (non-hydrogen) atoms. The summed E-state index contributed by atoms with van der Waals surface area (Å²) < 4.78 is 10.5. The standard InChI is InChI=1S/C21H24N2O4/c1-26-18-12-11-15(13-19(18)27-2)22-21(25)16-9-5-6-10-17(16)23-20(24)14-7-3-4-8-14/h5-6,9-14H,3-4,7-8H2,1-2H3,(H,22,25)(H,23,24). The number of amides is 2. The zero-order chi connectivity index (χ0) is 19.2. The number of carbonyl (C=O) groups excluding carboxylic acids is 2. The van der Waals surface area contributed by atoms with Crippen molar-refractivity contribution in [2.45, 2.75) is 25.7 Å². The minimum absolute atomic E-state index is 0.0149. The van der Waals surface area contributed by atoms with Crippen LogP contribution in [0, 0.1) is 5.92 Å². The minimum Gasteiger partial charge on any atom is -0.493 e. The van der Waals surface area contributed by atoms with E-state index in [1.54, 1.807) is 49.6 Å². The second-order valence-corrected chi connectivity index (χ2v) is 6.54. The van der Waals surface area contributed by atoms with Crippen molar-refractivity contribution in [1.29, 1.82) is 0 Å². The molecule has 2 amide bonds. The molecule has 0 radical (unpaired) electrons. The lowest BCUT2D eigenvalue weighted by atomic mass is 10.1. The molecule has 0 aromatic heterocycles. The van der Waals surface area contributed by atoms with Crippen molar-refractivity contribution in [1.82, 2.24) is 0 Å². The maximum absolute atomic E-state index is 12.8. The Morgan fingerprint density at radius 1 is 0.926 bits per heavy atom. The summed E-state index contributed by atoms with van der Waals surface area (Å²) in [6, 6.07) is 12.2. The molecule has 0 spiro atoms. The van der Waals surface area contributed by atoms with Crippen molar-refractivity contribution >= 4 is 23.2 Å². The molecule has 1 fully saturated rings. The van der Waals surface area contributed by atoms with Crippen molar-refractivity contribution in [3.8, 4) is 11.5 Å². The largest absolute Gasteiger partial charge is 0.493 e. The van der Waals surface area contributed by atoms with Crippen LogP contribution in [0.25, 0.3) is 0 Å². The molecule has 1 aliphatic carbocycles. The Morgan fingerprint density at radius 3 is 2.33 bits per heavy atom. The fourth-order valence-electron chi connectivity index (χ4n) is 3.33. The monoisotopic (exact) mass is 368 g/mol. The van der Waals surface area contributed by atoms with E-state index in [0.29, 0.717) is 28.4 Å². The van der Waals surface area contributed by atoms with Crippen LogP contribution in [0.1, 0.15) is 36.0 Å². The zero-order valence-corrected chi connectivity index (χ0v) is 15.6. The van der Waals surface area contributed by atoms with Gasteiger partial charge in [0.25, 0.3) is 5.91 Å². The third kappa shape index (κ3) is 4.39. The van der Waals surface area contributed by atoms with Gasteiger partial charge in [0.15, 0.2) is 11.5 Å². The molecule has 142 valence electrons. The summed E-state index contributed by atoms with van der Waals surface area (Å²) in [5.74, 6) is 0.827. The second-order valence-electron chi connectivity index (χ2n) is 6.54.